The van der Waals surface area contributed by atoms with E-state index >= 15 is 0 Å². The van der Waals surface area contributed by atoms with E-state index in [2.05, 4.69) is 56.9 Å². The van der Waals surface area contributed by atoms with Crippen molar-refractivity contribution in [2.45, 2.75) is 211 Å². The average Bonchev–Trinajstić information content (AvgIpc) is 3.06. The number of esters is 1. The number of hydrogen-bond donors (Lipinski definition) is 0. The predicted octanol–water partition coefficient (Wildman–Crippen LogP) is 13.1. The first-order valence-electron chi connectivity index (χ1n) is 20.7. The van der Waals surface area contributed by atoms with Crippen molar-refractivity contribution < 1.29 is 19.1 Å². The quantitative estimate of drug-likeness (QED) is 0.0364. The van der Waals surface area contributed by atoms with Crippen molar-refractivity contribution >= 4 is 39.7 Å². The van der Waals surface area contributed by atoms with Crippen molar-refractivity contribution in [1.82, 2.24) is 4.90 Å². The summed E-state index contributed by atoms with van der Waals surface area (Å²) in [6.07, 6.45) is 36.5. The zero-order valence-corrected chi connectivity index (χ0v) is 35.2. The normalized spacial score (nSPS) is 13.7. The van der Waals surface area contributed by atoms with Crippen LogP contribution in [0, 0.1) is 0 Å². The molecule has 0 aliphatic heterocycles. The van der Waals surface area contributed by atoms with E-state index in [4.69, 9.17) is 4.74 Å². The van der Waals surface area contributed by atoms with E-state index in [1.165, 1.54) is 74.9 Å². The second-order valence-electron chi connectivity index (χ2n) is 14.6. The molecule has 0 aliphatic rings. The number of carbonyl (C=O) groups excluding carboxylic acids is 3. The van der Waals surface area contributed by atoms with Gasteiger partial charge in [-0.2, -0.15) is 0 Å². The molecule has 7 heteroatoms. The van der Waals surface area contributed by atoms with Crippen molar-refractivity contribution in [1.29, 1.82) is 0 Å². The van der Waals surface area contributed by atoms with Crippen molar-refractivity contribution in [3.05, 3.63) is 24.3 Å². The van der Waals surface area contributed by atoms with Crippen molar-refractivity contribution in [3.63, 3.8) is 0 Å². The molecule has 5 nitrogen and oxygen atoms in total. The third kappa shape index (κ3) is 35.4. The Bertz CT molecular complexity index is 819. The molecular weight excluding hydrogens is 659 g/mol. The summed E-state index contributed by atoms with van der Waals surface area (Å²) >= 11 is 2.96. The molecule has 0 spiro atoms. The fourth-order valence-electron chi connectivity index (χ4n) is 5.95. The van der Waals surface area contributed by atoms with Crippen LogP contribution in [0.2, 0.25) is 0 Å². The van der Waals surface area contributed by atoms with E-state index in [1.54, 1.807) is 0 Å². The lowest BCUT2D eigenvalue weighted by Gasteiger charge is -2.18. The molecule has 0 bridgehead atoms. The van der Waals surface area contributed by atoms with E-state index in [9.17, 15) is 14.4 Å². The standard InChI is InChI=1S/C43H79NO4S2/c1-7-9-11-13-17-23-30-38(3)49-42(46)35-27-21-15-19-25-32-40(48-41(45)34-29-37-44(5)6)33-26-20-16-22-28-36-43(47)50-39(4)31-24-18-14-12-10-8-2/h23-24,30-31,38-40H,7-22,25-29,32-37H2,1-6H3. The highest BCUT2D eigenvalue weighted by Gasteiger charge is 2.15. The monoisotopic (exact) mass is 738 g/mol. The largest absolute Gasteiger partial charge is 0.462 e. The van der Waals surface area contributed by atoms with Crippen molar-refractivity contribution in [2.75, 3.05) is 20.6 Å². The summed E-state index contributed by atoms with van der Waals surface area (Å²) < 4.78 is 5.97. The Kier molecular flexibility index (Phi) is 35.6. The first-order chi connectivity index (χ1) is 24.2. The molecule has 2 atom stereocenters. The van der Waals surface area contributed by atoms with Crippen LogP contribution in [-0.2, 0) is 19.1 Å². The third-order valence-corrected chi connectivity index (χ3v) is 11.0. The molecule has 0 saturated heterocycles. The first kappa shape index (κ1) is 49.0. The van der Waals surface area contributed by atoms with Gasteiger partial charge in [0.15, 0.2) is 10.2 Å². The smallest absolute Gasteiger partial charge is 0.306 e. The molecule has 0 radical (unpaired) electrons. The van der Waals surface area contributed by atoms with Gasteiger partial charge in [-0.15, -0.1) is 0 Å². The minimum Gasteiger partial charge on any atom is -0.462 e. The minimum absolute atomic E-state index is 0.000172. The molecule has 0 rings (SSSR count). The second-order valence-corrected chi connectivity index (χ2v) is 17.4. The molecule has 0 heterocycles. The highest BCUT2D eigenvalue weighted by Crippen LogP contribution is 2.21. The number of ether oxygens (including phenoxy) is 1. The molecule has 2 unspecified atom stereocenters. The van der Waals surface area contributed by atoms with E-state index < -0.39 is 0 Å². The molecule has 0 aromatic carbocycles. The van der Waals surface area contributed by atoms with Crippen LogP contribution >= 0.6 is 23.5 Å². The number of hydrogen-bond acceptors (Lipinski definition) is 7. The van der Waals surface area contributed by atoms with Gasteiger partial charge in [0.2, 0.25) is 0 Å². The van der Waals surface area contributed by atoms with Gasteiger partial charge < -0.3 is 9.64 Å². The summed E-state index contributed by atoms with van der Waals surface area (Å²) in [5.74, 6) is -0.0648. The Hall–Kier alpha value is -1.05. The zero-order valence-electron chi connectivity index (χ0n) is 33.5. The Morgan fingerprint density at radius 2 is 0.980 bits per heavy atom. The summed E-state index contributed by atoms with van der Waals surface area (Å²) in [4.78, 5) is 39.5. The maximum Gasteiger partial charge on any atom is 0.306 e. The van der Waals surface area contributed by atoms with Crippen LogP contribution in [0.15, 0.2) is 24.3 Å². The van der Waals surface area contributed by atoms with Gasteiger partial charge in [0.1, 0.15) is 6.10 Å². The summed E-state index contributed by atoms with van der Waals surface area (Å²) in [6.45, 7) is 9.61. The highest BCUT2D eigenvalue weighted by atomic mass is 32.2. The minimum atomic E-state index is -0.0648. The van der Waals surface area contributed by atoms with Crippen molar-refractivity contribution in [3.8, 4) is 0 Å². The SMILES string of the molecule is CCCCCCC=CC(C)SC(=O)CCCCCCCC(CCCCCCCC(=O)SC(C)C=CCCCCCC)OC(=O)CCCN(C)C. The second kappa shape index (κ2) is 36.3. The first-order valence-corrected chi connectivity index (χ1v) is 22.5. The van der Waals surface area contributed by atoms with Crippen LogP contribution < -0.4 is 0 Å². The van der Waals surface area contributed by atoms with Crippen LogP contribution in [0.4, 0.5) is 0 Å². The fourth-order valence-corrected chi connectivity index (χ4v) is 7.69. The number of thioether (sulfide) groups is 2. The Morgan fingerprint density at radius 1 is 0.560 bits per heavy atom. The molecule has 0 aromatic heterocycles. The molecule has 0 fully saturated rings. The van der Waals surface area contributed by atoms with Crippen LogP contribution in [0.5, 0.6) is 0 Å². The van der Waals surface area contributed by atoms with Crippen LogP contribution in [0.25, 0.3) is 0 Å². The Morgan fingerprint density at radius 3 is 1.42 bits per heavy atom. The molecule has 0 aromatic rings. The molecule has 0 saturated carbocycles. The van der Waals surface area contributed by atoms with E-state index in [0.717, 1.165) is 103 Å². The van der Waals surface area contributed by atoms with Gasteiger partial charge in [-0.05, 0) is 105 Å². The van der Waals surface area contributed by atoms with E-state index in [-0.39, 0.29) is 22.6 Å². The van der Waals surface area contributed by atoms with Gasteiger partial charge in [0, 0.05) is 29.8 Å². The molecule has 292 valence electrons. The summed E-state index contributed by atoms with van der Waals surface area (Å²) in [6, 6.07) is 0. The third-order valence-electron chi connectivity index (χ3n) is 9.00. The van der Waals surface area contributed by atoms with Gasteiger partial charge in [-0.25, -0.2) is 0 Å². The maximum absolute atomic E-state index is 12.6. The van der Waals surface area contributed by atoms with Crippen molar-refractivity contribution in [2.24, 2.45) is 0 Å². The Labute approximate surface area is 318 Å². The maximum atomic E-state index is 12.6. The number of nitrogens with zero attached hydrogens (tertiary/aromatic N) is 1. The summed E-state index contributed by atoms with van der Waals surface area (Å²) in [5.41, 5.74) is 0. The lowest BCUT2D eigenvalue weighted by Crippen LogP contribution is -2.20. The molecular formula is C43H79NO4S2. The number of allylic oxidation sites excluding steroid dienone is 2. The fraction of sp³-hybridized carbons (Fsp3) is 0.837. The number of carbonyl (C=O) groups is 3. The van der Waals surface area contributed by atoms with Crippen LogP contribution in [-0.4, -0.2) is 58.3 Å². The molecule has 0 aliphatic carbocycles. The van der Waals surface area contributed by atoms with Gasteiger partial charge in [-0.1, -0.05) is 139 Å². The molecule has 0 N–H and O–H groups in total. The molecule has 50 heavy (non-hydrogen) atoms. The van der Waals surface area contributed by atoms with Gasteiger partial charge in [0.25, 0.3) is 0 Å². The van der Waals surface area contributed by atoms with E-state index in [1.807, 2.05) is 14.1 Å². The van der Waals surface area contributed by atoms with Crippen LogP contribution in [0.1, 0.15) is 195 Å². The molecule has 0 amide bonds. The van der Waals surface area contributed by atoms with Gasteiger partial charge >= 0.3 is 5.97 Å². The zero-order chi connectivity index (χ0) is 37.1. The van der Waals surface area contributed by atoms with Gasteiger partial charge in [0.05, 0.1) is 0 Å². The summed E-state index contributed by atoms with van der Waals surface area (Å²) in [5, 5.41) is 1.14. The average molecular weight is 738 g/mol. The van der Waals surface area contributed by atoms with E-state index in [0.29, 0.717) is 29.5 Å². The number of rotatable bonds is 35. The lowest BCUT2D eigenvalue weighted by molar-refractivity contribution is -0.150. The summed E-state index contributed by atoms with van der Waals surface area (Å²) in [7, 11) is 4.06. The predicted molar refractivity (Wildman–Crippen MR) is 222 cm³/mol. The number of unbranched alkanes of at least 4 members (excludes halogenated alkanes) is 16. The Balaban J connectivity index is 4.25. The van der Waals surface area contributed by atoms with Crippen LogP contribution in [0.3, 0.4) is 0 Å². The topological polar surface area (TPSA) is 63.7 Å². The van der Waals surface area contributed by atoms with Gasteiger partial charge in [-0.3, -0.25) is 14.4 Å². The highest BCUT2D eigenvalue weighted by molar-refractivity contribution is 8.14. The lowest BCUT2D eigenvalue weighted by atomic mass is 10.0.